The zero-order valence-electron chi connectivity index (χ0n) is 11.8. The standard InChI is InChI=1S/C14H12N4O5/c15-14(21)9-1-3-10(4-2-9)16-12(19)8-17-7-11(18(22)23)5-6-13(17)20/h1-7H,8H2,(H2,15,21)(H,16,19). The van der Waals surface area contributed by atoms with Gasteiger partial charge in [-0.2, -0.15) is 0 Å². The quantitative estimate of drug-likeness (QED) is 0.611. The lowest BCUT2D eigenvalue weighted by molar-refractivity contribution is -0.385. The molecule has 1 aromatic heterocycles. The van der Waals surface area contributed by atoms with Crippen LogP contribution in [0.2, 0.25) is 0 Å². The Morgan fingerprint density at radius 1 is 1.17 bits per heavy atom. The number of carbonyl (C=O) groups excluding carboxylic acids is 2. The van der Waals surface area contributed by atoms with E-state index in [0.29, 0.717) is 5.69 Å². The number of primary amides is 1. The highest BCUT2D eigenvalue weighted by atomic mass is 16.6. The van der Waals surface area contributed by atoms with Crippen molar-refractivity contribution in [2.45, 2.75) is 6.54 Å². The van der Waals surface area contributed by atoms with E-state index in [0.717, 1.165) is 22.9 Å². The minimum atomic E-state index is -0.656. The van der Waals surface area contributed by atoms with E-state index in [2.05, 4.69) is 5.32 Å². The van der Waals surface area contributed by atoms with Crippen LogP contribution < -0.4 is 16.6 Å². The molecule has 23 heavy (non-hydrogen) atoms. The summed E-state index contributed by atoms with van der Waals surface area (Å²) in [6, 6.07) is 7.93. The molecular weight excluding hydrogens is 304 g/mol. The Morgan fingerprint density at radius 3 is 2.39 bits per heavy atom. The fourth-order valence-corrected chi connectivity index (χ4v) is 1.82. The summed E-state index contributed by atoms with van der Waals surface area (Å²) >= 11 is 0. The van der Waals surface area contributed by atoms with Crippen LogP contribution in [0.1, 0.15) is 10.4 Å². The van der Waals surface area contributed by atoms with Crippen molar-refractivity contribution in [1.82, 2.24) is 4.57 Å². The number of carbonyl (C=O) groups is 2. The third-order valence-electron chi connectivity index (χ3n) is 2.95. The van der Waals surface area contributed by atoms with Crippen molar-refractivity contribution >= 4 is 23.2 Å². The smallest absolute Gasteiger partial charge is 0.285 e. The number of nitrogens with two attached hydrogens (primary N) is 1. The first kappa shape index (κ1) is 15.9. The molecule has 0 unspecified atom stereocenters. The average molecular weight is 316 g/mol. The molecule has 1 heterocycles. The Bertz CT molecular complexity index is 826. The minimum absolute atomic E-state index is 0.289. The zero-order valence-corrected chi connectivity index (χ0v) is 11.8. The molecule has 0 aliphatic heterocycles. The van der Waals surface area contributed by atoms with Crippen LogP contribution in [0.25, 0.3) is 0 Å². The molecule has 9 heteroatoms. The summed E-state index contributed by atoms with van der Waals surface area (Å²) < 4.78 is 0.936. The number of nitrogens with zero attached hydrogens (tertiary/aromatic N) is 2. The van der Waals surface area contributed by atoms with Gasteiger partial charge < -0.3 is 11.1 Å². The first-order chi connectivity index (χ1) is 10.9. The Labute approximate surface area is 129 Å². The molecule has 0 spiro atoms. The largest absolute Gasteiger partial charge is 0.366 e. The molecule has 0 bridgehead atoms. The Balaban J connectivity index is 2.10. The number of benzene rings is 1. The highest BCUT2D eigenvalue weighted by Crippen LogP contribution is 2.10. The summed E-state index contributed by atoms with van der Waals surface area (Å²) in [7, 11) is 0. The Hall–Kier alpha value is -3.49. The van der Waals surface area contributed by atoms with E-state index in [-0.39, 0.29) is 17.8 Å². The summed E-state index contributed by atoms with van der Waals surface area (Å²) in [6.45, 7) is -0.377. The maximum absolute atomic E-state index is 11.9. The van der Waals surface area contributed by atoms with Crippen LogP contribution in [0, 0.1) is 10.1 Å². The Morgan fingerprint density at radius 2 is 1.83 bits per heavy atom. The lowest BCUT2D eigenvalue weighted by atomic mass is 10.2. The summed E-state index contributed by atoms with van der Waals surface area (Å²) in [4.78, 5) is 44.5. The molecule has 9 nitrogen and oxygen atoms in total. The van der Waals surface area contributed by atoms with Gasteiger partial charge in [-0.05, 0) is 24.3 Å². The van der Waals surface area contributed by atoms with E-state index in [1.165, 1.54) is 24.3 Å². The predicted octanol–water partition coefficient (Wildman–Crippen LogP) is 0.494. The van der Waals surface area contributed by atoms with Gasteiger partial charge in [-0.3, -0.25) is 29.1 Å². The van der Waals surface area contributed by atoms with Crippen molar-refractivity contribution in [3.63, 3.8) is 0 Å². The van der Waals surface area contributed by atoms with Crippen LogP contribution in [0.15, 0.2) is 47.4 Å². The van der Waals surface area contributed by atoms with E-state index >= 15 is 0 Å². The molecule has 118 valence electrons. The molecule has 3 N–H and O–H groups in total. The number of pyridine rings is 1. The molecule has 0 radical (unpaired) electrons. The topological polar surface area (TPSA) is 137 Å². The molecule has 0 aliphatic rings. The van der Waals surface area contributed by atoms with Gasteiger partial charge >= 0.3 is 0 Å². The molecule has 0 aliphatic carbocycles. The number of rotatable bonds is 5. The molecule has 0 saturated heterocycles. The fraction of sp³-hybridized carbons (Fsp3) is 0.0714. The van der Waals surface area contributed by atoms with E-state index in [4.69, 9.17) is 5.73 Å². The monoisotopic (exact) mass is 316 g/mol. The second-order valence-corrected chi connectivity index (χ2v) is 4.60. The molecule has 2 amide bonds. The highest BCUT2D eigenvalue weighted by Gasteiger charge is 2.11. The van der Waals surface area contributed by atoms with Crippen molar-refractivity contribution in [3.05, 3.63) is 68.6 Å². The van der Waals surface area contributed by atoms with Crippen molar-refractivity contribution in [1.29, 1.82) is 0 Å². The number of nitro groups is 1. The van der Waals surface area contributed by atoms with Gasteiger partial charge in [-0.25, -0.2) is 0 Å². The molecule has 2 rings (SSSR count). The lowest BCUT2D eigenvalue weighted by Gasteiger charge is -2.07. The first-order valence-electron chi connectivity index (χ1n) is 6.41. The van der Waals surface area contributed by atoms with E-state index < -0.39 is 22.3 Å². The van der Waals surface area contributed by atoms with E-state index in [1.54, 1.807) is 0 Å². The van der Waals surface area contributed by atoms with E-state index in [9.17, 15) is 24.5 Å². The number of hydrogen-bond acceptors (Lipinski definition) is 5. The van der Waals surface area contributed by atoms with Gasteiger partial charge in [0, 0.05) is 23.4 Å². The highest BCUT2D eigenvalue weighted by molar-refractivity contribution is 5.94. The summed E-state index contributed by atoms with van der Waals surface area (Å²) in [5.74, 6) is -1.13. The fourth-order valence-electron chi connectivity index (χ4n) is 1.82. The minimum Gasteiger partial charge on any atom is -0.366 e. The second kappa shape index (κ2) is 6.52. The van der Waals surface area contributed by atoms with Gasteiger partial charge in [0.15, 0.2) is 0 Å². The maximum Gasteiger partial charge on any atom is 0.285 e. The predicted molar refractivity (Wildman–Crippen MR) is 80.9 cm³/mol. The summed E-state index contributed by atoms with van der Waals surface area (Å²) in [5, 5.41) is 13.2. The van der Waals surface area contributed by atoms with Crippen LogP contribution in [-0.4, -0.2) is 21.3 Å². The van der Waals surface area contributed by atoms with Crippen LogP contribution in [0.3, 0.4) is 0 Å². The zero-order chi connectivity index (χ0) is 17.0. The normalized spacial score (nSPS) is 10.1. The number of nitrogens with one attached hydrogen (secondary N) is 1. The SMILES string of the molecule is NC(=O)c1ccc(NC(=O)Cn2cc([N+](=O)[O-])ccc2=O)cc1. The van der Waals surface area contributed by atoms with Crippen LogP contribution in [0.5, 0.6) is 0 Å². The third kappa shape index (κ3) is 4.00. The van der Waals surface area contributed by atoms with Crippen molar-refractivity contribution in [2.75, 3.05) is 5.32 Å². The molecule has 1 aromatic carbocycles. The summed E-state index contributed by atoms with van der Waals surface area (Å²) in [6.07, 6.45) is 0.998. The van der Waals surface area contributed by atoms with Crippen molar-refractivity contribution in [2.24, 2.45) is 5.73 Å². The number of aromatic nitrogens is 1. The van der Waals surface area contributed by atoms with Crippen molar-refractivity contribution in [3.8, 4) is 0 Å². The Kier molecular flexibility index (Phi) is 4.50. The molecule has 0 atom stereocenters. The number of hydrogen-bond donors (Lipinski definition) is 2. The van der Waals surface area contributed by atoms with Gasteiger partial charge in [0.05, 0.1) is 11.1 Å². The van der Waals surface area contributed by atoms with Gasteiger partial charge in [-0.15, -0.1) is 0 Å². The van der Waals surface area contributed by atoms with Gasteiger partial charge in [0.25, 0.3) is 11.2 Å². The third-order valence-corrected chi connectivity index (χ3v) is 2.95. The van der Waals surface area contributed by atoms with Crippen LogP contribution in [-0.2, 0) is 11.3 Å². The average Bonchev–Trinajstić information content (AvgIpc) is 2.49. The number of amides is 2. The van der Waals surface area contributed by atoms with Crippen LogP contribution in [0.4, 0.5) is 11.4 Å². The molecule has 0 fully saturated rings. The maximum atomic E-state index is 11.9. The second-order valence-electron chi connectivity index (χ2n) is 4.60. The van der Waals surface area contributed by atoms with Crippen LogP contribution >= 0.6 is 0 Å². The van der Waals surface area contributed by atoms with E-state index in [1.807, 2.05) is 0 Å². The summed E-state index contributed by atoms with van der Waals surface area (Å²) in [5.41, 5.74) is 4.97. The van der Waals surface area contributed by atoms with Gasteiger partial charge in [0.2, 0.25) is 11.8 Å². The van der Waals surface area contributed by atoms with Gasteiger partial charge in [-0.1, -0.05) is 0 Å². The van der Waals surface area contributed by atoms with Gasteiger partial charge in [0.1, 0.15) is 6.54 Å². The first-order valence-corrected chi connectivity index (χ1v) is 6.41. The number of anilines is 1. The lowest BCUT2D eigenvalue weighted by Crippen LogP contribution is -2.27. The molecule has 2 aromatic rings. The molecule has 0 saturated carbocycles. The molecular formula is C14H12N4O5. The van der Waals surface area contributed by atoms with Crippen molar-refractivity contribution < 1.29 is 14.5 Å².